The fraction of sp³-hybridized carbons (Fsp3) is 0.294. The standard InChI is InChI=1S/C17H16BrClN2O2/c18-13-5-6-16(20-10-13)23-14-7-8-21(11-14)17(22)9-12-3-1-2-4-15(12)19/h1-6,10,14H,7-9,11H2/t14-/m0/s1. The first-order valence-corrected chi connectivity index (χ1v) is 8.58. The van der Waals surface area contributed by atoms with Crippen LogP contribution >= 0.6 is 27.5 Å². The number of hydrogen-bond donors (Lipinski definition) is 0. The quantitative estimate of drug-likeness (QED) is 0.792. The number of likely N-dealkylation sites (tertiary alicyclic amines) is 1. The molecule has 6 heteroatoms. The molecule has 4 nitrogen and oxygen atoms in total. The van der Waals surface area contributed by atoms with Gasteiger partial charge in [-0.25, -0.2) is 4.98 Å². The molecule has 0 radical (unpaired) electrons. The molecule has 1 aromatic heterocycles. The predicted molar refractivity (Wildman–Crippen MR) is 92.7 cm³/mol. The molecule has 1 saturated heterocycles. The molecule has 1 aliphatic heterocycles. The lowest BCUT2D eigenvalue weighted by molar-refractivity contribution is -0.129. The minimum Gasteiger partial charge on any atom is -0.472 e. The minimum absolute atomic E-state index is 0.0149. The molecule has 2 aromatic rings. The molecule has 3 rings (SSSR count). The molecular weight excluding hydrogens is 380 g/mol. The highest BCUT2D eigenvalue weighted by Crippen LogP contribution is 2.21. The van der Waals surface area contributed by atoms with E-state index in [9.17, 15) is 4.79 Å². The minimum atomic E-state index is -0.0149. The summed E-state index contributed by atoms with van der Waals surface area (Å²) >= 11 is 9.46. The van der Waals surface area contributed by atoms with Gasteiger partial charge in [-0.1, -0.05) is 29.8 Å². The molecular formula is C17H16BrClN2O2. The number of pyridine rings is 1. The Hall–Kier alpha value is -1.59. The predicted octanol–water partition coefficient (Wildman–Crippen LogP) is 3.72. The van der Waals surface area contributed by atoms with Crippen molar-refractivity contribution in [3.63, 3.8) is 0 Å². The van der Waals surface area contributed by atoms with E-state index in [-0.39, 0.29) is 12.0 Å². The van der Waals surface area contributed by atoms with Crippen LogP contribution in [0.5, 0.6) is 5.88 Å². The third-order valence-electron chi connectivity index (χ3n) is 3.78. The van der Waals surface area contributed by atoms with Crippen LogP contribution in [0.25, 0.3) is 0 Å². The molecule has 120 valence electrons. The SMILES string of the molecule is O=C(Cc1ccccc1Cl)N1CC[C@H](Oc2ccc(Br)cn2)C1. The molecule has 1 fully saturated rings. The van der Waals surface area contributed by atoms with E-state index in [2.05, 4.69) is 20.9 Å². The summed E-state index contributed by atoms with van der Waals surface area (Å²) in [6.45, 7) is 1.28. The van der Waals surface area contributed by atoms with E-state index < -0.39 is 0 Å². The Labute approximate surface area is 148 Å². The number of carbonyl (C=O) groups excluding carboxylic acids is 1. The summed E-state index contributed by atoms with van der Waals surface area (Å²) in [5, 5.41) is 0.631. The van der Waals surface area contributed by atoms with Gasteiger partial charge in [-0.05, 0) is 33.6 Å². The number of carbonyl (C=O) groups is 1. The van der Waals surface area contributed by atoms with Gasteiger partial charge in [-0.3, -0.25) is 4.79 Å². The summed E-state index contributed by atoms with van der Waals surface area (Å²) in [6, 6.07) is 11.1. The lowest BCUT2D eigenvalue weighted by Gasteiger charge is -2.17. The van der Waals surface area contributed by atoms with Crippen molar-refractivity contribution < 1.29 is 9.53 Å². The van der Waals surface area contributed by atoms with Gasteiger partial charge in [0.1, 0.15) is 6.10 Å². The Bertz CT molecular complexity index is 693. The van der Waals surface area contributed by atoms with Crippen molar-refractivity contribution >= 4 is 33.4 Å². The molecule has 1 atom stereocenters. The van der Waals surface area contributed by atoms with Crippen LogP contribution in [0.3, 0.4) is 0 Å². The Kier molecular flexibility index (Phi) is 5.18. The third kappa shape index (κ3) is 4.24. The van der Waals surface area contributed by atoms with Crippen LogP contribution in [-0.2, 0) is 11.2 Å². The van der Waals surface area contributed by atoms with Gasteiger partial charge in [-0.2, -0.15) is 0 Å². The van der Waals surface area contributed by atoms with Crippen LogP contribution in [0, 0.1) is 0 Å². The third-order valence-corrected chi connectivity index (χ3v) is 4.62. The zero-order chi connectivity index (χ0) is 16.2. The highest BCUT2D eigenvalue weighted by Gasteiger charge is 2.28. The fourth-order valence-corrected chi connectivity index (χ4v) is 3.01. The van der Waals surface area contributed by atoms with Crippen molar-refractivity contribution in [2.45, 2.75) is 18.9 Å². The van der Waals surface area contributed by atoms with Crippen molar-refractivity contribution in [3.05, 3.63) is 57.7 Å². The maximum atomic E-state index is 12.4. The van der Waals surface area contributed by atoms with Gasteiger partial charge in [-0.15, -0.1) is 0 Å². The number of aromatic nitrogens is 1. The van der Waals surface area contributed by atoms with Crippen LogP contribution in [0.1, 0.15) is 12.0 Å². The van der Waals surface area contributed by atoms with E-state index >= 15 is 0 Å². The van der Waals surface area contributed by atoms with E-state index in [1.54, 1.807) is 12.3 Å². The Morgan fingerprint density at radius 2 is 2.17 bits per heavy atom. The van der Waals surface area contributed by atoms with E-state index in [0.29, 0.717) is 30.4 Å². The lowest BCUT2D eigenvalue weighted by Crippen LogP contribution is -2.32. The summed E-state index contributed by atoms with van der Waals surface area (Å²) in [7, 11) is 0. The van der Waals surface area contributed by atoms with Crippen LogP contribution in [0.2, 0.25) is 5.02 Å². The highest BCUT2D eigenvalue weighted by atomic mass is 79.9. The first-order chi connectivity index (χ1) is 11.1. The first-order valence-electron chi connectivity index (χ1n) is 7.41. The molecule has 0 aliphatic carbocycles. The maximum absolute atomic E-state index is 12.4. The Morgan fingerprint density at radius 1 is 1.35 bits per heavy atom. The summed E-state index contributed by atoms with van der Waals surface area (Å²) in [5.41, 5.74) is 0.859. The molecule has 0 N–H and O–H groups in total. The van der Waals surface area contributed by atoms with Gasteiger partial charge in [0.05, 0.1) is 13.0 Å². The van der Waals surface area contributed by atoms with Crippen molar-refractivity contribution in [3.8, 4) is 5.88 Å². The van der Waals surface area contributed by atoms with E-state index in [1.165, 1.54) is 0 Å². The summed E-state index contributed by atoms with van der Waals surface area (Å²) in [4.78, 5) is 18.4. The average molecular weight is 396 g/mol. The second kappa shape index (κ2) is 7.32. The number of amides is 1. The van der Waals surface area contributed by atoms with Gasteiger partial charge in [0.2, 0.25) is 11.8 Å². The van der Waals surface area contributed by atoms with Crippen LogP contribution in [-0.4, -0.2) is 35.0 Å². The smallest absolute Gasteiger partial charge is 0.227 e. The monoisotopic (exact) mass is 394 g/mol. The van der Waals surface area contributed by atoms with Crippen LogP contribution < -0.4 is 4.74 Å². The van der Waals surface area contributed by atoms with Crippen molar-refractivity contribution in [2.24, 2.45) is 0 Å². The number of rotatable bonds is 4. The number of nitrogens with zero attached hydrogens (tertiary/aromatic N) is 2. The Morgan fingerprint density at radius 3 is 2.91 bits per heavy atom. The lowest BCUT2D eigenvalue weighted by atomic mass is 10.1. The second-order valence-electron chi connectivity index (χ2n) is 5.45. The maximum Gasteiger partial charge on any atom is 0.227 e. The van der Waals surface area contributed by atoms with Gasteiger partial charge < -0.3 is 9.64 Å². The number of ether oxygens (including phenoxy) is 1. The zero-order valence-electron chi connectivity index (χ0n) is 12.4. The topological polar surface area (TPSA) is 42.4 Å². The Balaban J connectivity index is 1.55. The summed E-state index contributed by atoms with van der Waals surface area (Å²) < 4.78 is 6.74. The molecule has 1 aromatic carbocycles. The van der Waals surface area contributed by atoms with Gasteiger partial charge in [0.25, 0.3) is 0 Å². The van der Waals surface area contributed by atoms with Crippen molar-refractivity contribution in [1.29, 1.82) is 0 Å². The molecule has 0 unspecified atom stereocenters. The highest BCUT2D eigenvalue weighted by molar-refractivity contribution is 9.10. The van der Waals surface area contributed by atoms with Crippen LogP contribution in [0.4, 0.5) is 0 Å². The second-order valence-corrected chi connectivity index (χ2v) is 6.77. The van der Waals surface area contributed by atoms with Gasteiger partial charge in [0, 0.05) is 34.7 Å². The molecule has 2 heterocycles. The number of hydrogen-bond acceptors (Lipinski definition) is 3. The van der Waals surface area contributed by atoms with Crippen molar-refractivity contribution in [1.82, 2.24) is 9.88 Å². The summed E-state index contributed by atoms with van der Waals surface area (Å²) in [5.74, 6) is 0.659. The zero-order valence-corrected chi connectivity index (χ0v) is 14.8. The van der Waals surface area contributed by atoms with E-state index in [1.807, 2.05) is 35.2 Å². The normalized spacial score (nSPS) is 17.3. The molecule has 23 heavy (non-hydrogen) atoms. The molecule has 0 spiro atoms. The van der Waals surface area contributed by atoms with Crippen molar-refractivity contribution in [2.75, 3.05) is 13.1 Å². The van der Waals surface area contributed by atoms with Gasteiger partial charge >= 0.3 is 0 Å². The molecule has 1 amide bonds. The van der Waals surface area contributed by atoms with Gasteiger partial charge in [0.15, 0.2) is 0 Å². The molecule has 0 saturated carbocycles. The number of benzene rings is 1. The largest absolute Gasteiger partial charge is 0.472 e. The average Bonchev–Trinajstić information content (AvgIpc) is 3.00. The van der Waals surface area contributed by atoms with E-state index in [4.69, 9.17) is 16.3 Å². The molecule has 0 bridgehead atoms. The first kappa shape index (κ1) is 16.3. The number of halogens is 2. The summed E-state index contributed by atoms with van der Waals surface area (Å²) in [6.07, 6.45) is 2.82. The molecule has 1 aliphatic rings. The van der Waals surface area contributed by atoms with Crippen LogP contribution in [0.15, 0.2) is 47.1 Å². The fourth-order valence-electron chi connectivity index (χ4n) is 2.57. The van der Waals surface area contributed by atoms with E-state index in [0.717, 1.165) is 16.5 Å².